The normalized spacial score (nSPS) is 10.7. The zero-order chi connectivity index (χ0) is 15.1. The number of phenolic OH excluding ortho intramolecular Hbond substituents is 2. The summed E-state index contributed by atoms with van der Waals surface area (Å²) in [6.07, 6.45) is 3.56. The average Bonchev–Trinajstić information content (AvgIpc) is 2.47. The van der Waals surface area contributed by atoms with E-state index in [2.05, 4.69) is 0 Å². The Labute approximate surface area is 122 Å². The van der Waals surface area contributed by atoms with E-state index in [4.69, 9.17) is 4.74 Å². The van der Waals surface area contributed by atoms with Crippen molar-refractivity contribution in [3.05, 3.63) is 65.9 Å². The molecule has 0 aliphatic rings. The van der Waals surface area contributed by atoms with Crippen LogP contribution in [-0.2, 0) is 16.0 Å². The van der Waals surface area contributed by atoms with Gasteiger partial charge in [-0.1, -0.05) is 36.4 Å². The van der Waals surface area contributed by atoms with Crippen molar-refractivity contribution in [1.29, 1.82) is 0 Å². The second kappa shape index (κ2) is 7.14. The molecule has 0 aromatic heterocycles. The molecule has 108 valence electrons. The number of aryl methyl sites for hydroxylation is 1. The molecule has 0 spiro atoms. The number of esters is 1. The fraction of sp³-hybridized carbons (Fsp3) is 0.118. The summed E-state index contributed by atoms with van der Waals surface area (Å²) >= 11 is 0. The smallest absolute Gasteiger partial charge is 0.310 e. The Morgan fingerprint density at radius 2 is 1.86 bits per heavy atom. The number of carbonyl (C=O) groups is 1. The van der Waals surface area contributed by atoms with E-state index in [0.717, 1.165) is 5.56 Å². The van der Waals surface area contributed by atoms with Crippen molar-refractivity contribution in [2.75, 3.05) is 0 Å². The molecule has 0 radical (unpaired) electrons. The van der Waals surface area contributed by atoms with E-state index in [1.165, 1.54) is 18.4 Å². The summed E-state index contributed by atoms with van der Waals surface area (Å²) in [5.41, 5.74) is 1.54. The van der Waals surface area contributed by atoms with Gasteiger partial charge in [0.05, 0.1) is 12.7 Å². The minimum atomic E-state index is -0.380. The number of hydrogen-bond acceptors (Lipinski definition) is 4. The highest BCUT2D eigenvalue weighted by molar-refractivity contribution is 5.71. The SMILES string of the molecule is O=C(CCc1ccc(O)cc1O)OC=Cc1ccccc1. The largest absolute Gasteiger partial charge is 0.508 e. The molecule has 2 rings (SSSR count). The van der Waals surface area contributed by atoms with Crippen molar-refractivity contribution in [1.82, 2.24) is 0 Å². The summed E-state index contributed by atoms with van der Waals surface area (Å²) in [6.45, 7) is 0. The first-order chi connectivity index (χ1) is 10.1. The second-order valence-electron chi connectivity index (χ2n) is 4.52. The maximum Gasteiger partial charge on any atom is 0.310 e. The molecule has 0 unspecified atom stereocenters. The van der Waals surface area contributed by atoms with E-state index in [-0.39, 0.29) is 23.9 Å². The Kier molecular flexibility index (Phi) is 4.99. The van der Waals surface area contributed by atoms with Crippen LogP contribution in [0, 0.1) is 0 Å². The lowest BCUT2D eigenvalue weighted by Gasteiger charge is -2.04. The van der Waals surface area contributed by atoms with Gasteiger partial charge in [-0.3, -0.25) is 4.79 Å². The van der Waals surface area contributed by atoms with E-state index < -0.39 is 0 Å². The highest BCUT2D eigenvalue weighted by atomic mass is 16.5. The minimum absolute atomic E-state index is 0.00961. The molecule has 0 aliphatic heterocycles. The first-order valence-electron chi connectivity index (χ1n) is 6.57. The van der Waals surface area contributed by atoms with Crippen LogP contribution in [0.25, 0.3) is 6.08 Å². The Balaban J connectivity index is 1.81. The number of carbonyl (C=O) groups excluding carboxylic acids is 1. The lowest BCUT2D eigenvalue weighted by molar-refractivity contribution is -0.137. The van der Waals surface area contributed by atoms with Gasteiger partial charge >= 0.3 is 5.97 Å². The van der Waals surface area contributed by atoms with Crippen molar-refractivity contribution >= 4 is 12.0 Å². The van der Waals surface area contributed by atoms with Gasteiger partial charge in [-0.2, -0.15) is 0 Å². The van der Waals surface area contributed by atoms with Gasteiger partial charge in [0, 0.05) is 6.07 Å². The van der Waals surface area contributed by atoms with E-state index >= 15 is 0 Å². The first kappa shape index (κ1) is 14.7. The third-order valence-electron chi connectivity index (χ3n) is 2.93. The third kappa shape index (κ3) is 4.69. The minimum Gasteiger partial charge on any atom is -0.508 e. The first-order valence-corrected chi connectivity index (χ1v) is 6.57. The molecule has 0 saturated carbocycles. The lowest BCUT2D eigenvalue weighted by atomic mass is 10.1. The number of ether oxygens (including phenoxy) is 1. The Morgan fingerprint density at radius 1 is 1.10 bits per heavy atom. The van der Waals surface area contributed by atoms with E-state index in [0.29, 0.717) is 12.0 Å². The van der Waals surface area contributed by atoms with Crippen LogP contribution in [-0.4, -0.2) is 16.2 Å². The molecule has 0 heterocycles. The van der Waals surface area contributed by atoms with Crippen molar-refractivity contribution in [2.24, 2.45) is 0 Å². The van der Waals surface area contributed by atoms with Crippen molar-refractivity contribution in [2.45, 2.75) is 12.8 Å². The van der Waals surface area contributed by atoms with Gasteiger partial charge in [-0.05, 0) is 29.7 Å². The summed E-state index contributed by atoms with van der Waals surface area (Å²) in [6, 6.07) is 13.8. The van der Waals surface area contributed by atoms with Crippen molar-refractivity contribution in [3.63, 3.8) is 0 Å². The molecule has 4 heteroatoms. The standard InChI is InChI=1S/C17H16O4/c18-15-8-6-14(16(19)12-15)7-9-17(20)21-11-10-13-4-2-1-3-5-13/h1-6,8,10-12,18-19H,7,9H2. The number of hydrogen-bond donors (Lipinski definition) is 2. The molecule has 0 bridgehead atoms. The van der Waals surface area contributed by atoms with Crippen LogP contribution in [0.15, 0.2) is 54.8 Å². The summed E-state index contributed by atoms with van der Waals surface area (Å²) in [4.78, 5) is 11.6. The lowest BCUT2D eigenvalue weighted by Crippen LogP contribution is -2.01. The predicted molar refractivity (Wildman–Crippen MR) is 79.7 cm³/mol. The predicted octanol–water partition coefficient (Wildman–Crippen LogP) is 3.24. The summed E-state index contributed by atoms with van der Waals surface area (Å²) < 4.78 is 4.98. The van der Waals surface area contributed by atoms with Gasteiger partial charge in [-0.25, -0.2) is 0 Å². The molecule has 0 aliphatic carbocycles. The Morgan fingerprint density at radius 3 is 2.57 bits per heavy atom. The van der Waals surface area contributed by atoms with E-state index in [1.54, 1.807) is 12.1 Å². The van der Waals surface area contributed by atoms with Gasteiger partial charge in [-0.15, -0.1) is 0 Å². The molecule has 2 aromatic carbocycles. The number of rotatable bonds is 5. The van der Waals surface area contributed by atoms with Gasteiger partial charge in [0.1, 0.15) is 11.5 Å². The van der Waals surface area contributed by atoms with E-state index in [9.17, 15) is 15.0 Å². The third-order valence-corrected chi connectivity index (χ3v) is 2.93. The van der Waals surface area contributed by atoms with Gasteiger partial charge in [0.2, 0.25) is 0 Å². The molecule has 2 aromatic rings. The summed E-state index contributed by atoms with van der Waals surface area (Å²) in [7, 11) is 0. The van der Waals surface area contributed by atoms with Crippen LogP contribution in [0.3, 0.4) is 0 Å². The maximum absolute atomic E-state index is 11.6. The molecule has 2 N–H and O–H groups in total. The zero-order valence-corrected chi connectivity index (χ0v) is 11.4. The molecule has 21 heavy (non-hydrogen) atoms. The van der Waals surface area contributed by atoms with Crippen LogP contribution >= 0.6 is 0 Å². The van der Waals surface area contributed by atoms with Crippen LogP contribution < -0.4 is 0 Å². The maximum atomic E-state index is 11.6. The average molecular weight is 284 g/mol. The quantitative estimate of drug-likeness (QED) is 0.653. The summed E-state index contributed by atoms with van der Waals surface area (Å²) in [5.74, 6) is -0.415. The number of benzene rings is 2. The van der Waals surface area contributed by atoms with Crippen LogP contribution in [0.1, 0.15) is 17.5 Å². The molecule has 0 amide bonds. The molecular weight excluding hydrogens is 268 g/mol. The monoisotopic (exact) mass is 284 g/mol. The van der Waals surface area contributed by atoms with Gasteiger partial charge in [0.15, 0.2) is 0 Å². The van der Waals surface area contributed by atoms with Crippen LogP contribution in [0.5, 0.6) is 11.5 Å². The Hall–Kier alpha value is -2.75. The van der Waals surface area contributed by atoms with Crippen molar-refractivity contribution < 1.29 is 19.7 Å². The molecular formula is C17H16O4. The number of aromatic hydroxyl groups is 2. The van der Waals surface area contributed by atoms with Gasteiger partial charge < -0.3 is 14.9 Å². The molecule has 0 fully saturated rings. The van der Waals surface area contributed by atoms with Crippen molar-refractivity contribution in [3.8, 4) is 11.5 Å². The summed E-state index contributed by atoms with van der Waals surface area (Å²) in [5, 5.41) is 18.8. The highest BCUT2D eigenvalue weighted by Crippen LogP contribution is 2.23. The van der Waals surface area contributed by atoms with Gasteiger partial charge in [0.25, 0.3) is 0 Å². The number of phenols is 2. The molecule has 4 nitrogen and oxygen atoms in total. The molecule has 0 atom stereocenters. The fourth-order valence-electron chi connectivity index (χ4n) is 1.81. The fourth-order valence-corrected chi connectivity index (χ4v) is 1.81. The topological polar surface area (TPSA) is 66.8 Å². The zero-order valence-electron chi connectivity index (χ0n) is 11.4. The highest BCUT2D eigenvalue weighted by Gasteiger charge is 2.06. The molecule has 0 saturated heterocycles. The van der Waals surface area contributed by atoms with Crippen LogP contribution in [0.4, 0.5) is 0 Å². The van der Waals surface area contributed by atoms with E-state index in [1.807, 2.05) is 30.3 Å². The van der Waals surface area contributed by atoms with Crippen LogP contribution in [0.2, 0.25) is 0 Å². The Bertz CT molecular complexity index is 632. The second-order valence-corrected chi connectivity index (χ2v) is 4.52.